The maximum absolute atomic E-state index is 4.31. The van der Waals surface area contributed by atoms with Crippen LogP contribution in [0, 0.1) is 5.92 Å². The maximum atomic E-state index is 4.31. The van der Waals surface area contributed by atoms with Crippen LogP contribution in [-0.2, 0) is 0 Å². The quantitative estimate of drug-likeness (QED) is 0.716. The number of nitrogens with zero attached hydrogens (tertiary/aromatic N) is 3. The first-order chi connectivity index (χ1) is 7.93. The summed E-state index contributed by atoms with van der Waals surface area (Å²) >= 11 is 0. The van der Waals surface area contributed by atoms with Gasteiger partial charge in [-0.3, -0.25) is 0 Å². The van der Waals surface area contributed by atoms with E-state index < -0.39 is 0 Å². The number of fused-ring (bicyclic) bond motifs is 1. The van der Waals surface area contributed by atoms with Gasteiger partial charge in [-0.05, 0) is 30.4 Å². The molecule has 0 amide bonds. The van der Waals surface area contributed by atoms with Gasteiger partial charge in [0.25, 0.3) is 0 Å². The van der Waals surface area contributed by atoms with Crippen LogP contribution in [0.3, 0.4) is 0 Å². The summed E-state index contributed by atoms with van der Waals surface area (Å²) < 4.78 is 0. The Morgan fingerprint density at radius 3 is 3.00 bits per heavy atom. The third-order valence-electron chi connectivity index (χ3n) is 3.35. The topological polar surface area (TPSA) is 29.0 Å². The van der Waals surface area contributed by atoms with Gasteiger partial charge < -0.3 is 4.90 Å². The van der Waals surface area contributed by atoms with E-state index in [2.05, 4.69) is 33.1 Å². The molecule has 1 aliphatic carbocycles. The molecule has 3 rings (SSSR count). The van der Waals surface area contributed by atoms with Gasteiger partial charge >= 0.3 is 0 Å². The summed E-state index contributed by atoms with van der Waals surface area (Å²) in [5.41, 5.74) is 1.53. The van der Waals surface area contributed by atoms with Crippen LogP contribution < -0.4 is 4.90 Å². The molecule has 1 fully saturated rings. The van der Waals surface area contributed by atoms with Gasteiger partial charge in [0, 0.05) is 25.5 Å². The van der Waals surface area contributed by atoms with E-state index in [0.29, 0.717) is 0 Å². The molecule has 1 aromatic rings. The lowest BCUT2D eigenvalue weighted by Crippen LogP contribution is -2.36. The largest absolute Gasteiger partial charge is 0.337 e. The molecular weight excluding hydrogens is 198 g/mol. The van der Waals surface area contributed by atoms with E-state index >= 15 is 0 Å². The van der Waals surface area contributed by atoms with E-state index in [0.717, 1.165) is 25.0 Å². The molecule has 82 valence electrons. The van der Waals surface area contributed by atoms with Crippen molar-refractivity contribution >= 4 is 5.95 Å². The lowest BCUT2D eigenvalue weighted by molar-refractivity contribution is 0.498. The van der Waals surface area contributed by atoms with Crippen LogP contribution in [0.25, 0.3) is 0 Å². The molecule has 0 saturated carbocycles. The third-order valence-corrected chi connectivity index (χ3v) is 3.35. The van der Waals surface area contributed by atoms with Gasteiger partial charge in [-0.1, -0.05) is 18.2 Å². The minimum Gasteiger partial charge on any atom is -0.337 e. The normalized spacial score (nSPS) is 23.9. The second kappa shape index (κ2) is 4.08. The highest BCUT2D eigenvalue weighted by atomic mass is 15.2. The molecule has 0 spiro atoms. The van der Waals surface area contributed by atoms with E-state index in [1.54, 1.807) is 0 Å². The molecule has 2 aliphatic rings. The van der Waals surface area contributed by atoms with Gasteiger partial charge in [0.15, 0.2) is 0 Å². The summed E-state index contributed by atoms with van der Waals surface area (Å²) in [6.45, 7) is 2.05. The highest BCUT2D eigenvalue weighted by Gasteiger charge is 2.24. The van der Waals surface area contributed by atoms with Crippen molar-refractivity contribution in [2.45, 2.75) is 12.8 Å². The van der Waals surface area contributed by atoms with Crippen molar-refractivity contribution in [1.29, 1.82) is 0 Å². The molecule has 3 nitrogen and oxygen atoms in total. The van der Waals surface area contributed by atoms with Crippen molar-refractivity contribution in [2.75, 3.05) is 18.0 Å². The average molecular weight is 213 g/mol. The SMILES string of the molecule is C1=CCC2CCN(c3ncccn3)CC2=C1. The summed E-state index contributed by atoms with van der Waals surface area (Å²) in [7, 11) is 0. The molecule has 1 atom stereocenters. The summed E-state index contributed by atoms with van der Waals surface area (Å²) in [6, 6.07) is 1.86. The zero-order valence-corrected chi connectivity index (χ0v) is 9.21. The smallest absolute Gasteiger partial charge is 0.225 e. The van der Waals surface area contributed by atoms with Crippen molar-refractivity contribution in [1.82, 2.24) is 9.97 Å². The van der Waals surface area contributed by atoms with E-state index in [-0.39, 0.29) is 0 Å². The fourth-order valence-corrected chi connectivity index (χ4v) is 2.44. The minimum absolute atomic E-state index is 0.755. The molecule has 0 aromatic carbocycles. The molecule has 1 aliphatic heterocycles. The monoisotopic (exact) mass is 213 g/mol. The standard InChI is InChI=1S/C13H15N3/c1-2-5-12-10-16(9-6-11(12)4-1)13-14-7-3-8-15-13/h1-3,5,7-8,11H,4,6,9-10H2. The predicted molar refractivity (Wildman–Crippen MR) is 64.2 cm³/mol. The fraction of sp³-hybridized carbons (Fsp3) is 0.385. The van der Waals surface area contributed by atoms with Crippen LogP contribution in [0.5, 0.6) is 0 Å². The first kappa shape index (κ1) is 9.58. The summed E-state index contributed by atoms with van der Waals surface area (Å²) in [6.07, 6.45) is 12.7. The van der Waals surface area contributed by atoms with E-state index in [1.165, 1.54) is 18.4 Å². The molecule has 0 N–H and O–H groups in total. The zero-order chi connectivity index (χ0) is 10.8. The second-order valence-electron chi connectivity index (χ2n) is 4.36. The van der Waals surface area contributed by atoms with Crippen LogP contribution in [0.1, 0.15) is 12.8 Å². The van der Waals surface area contributed by atoms with Crippen molar-refractivity contribution in [2.24, 2.45) is 5.92 Å². The maximum Gasteiger partial charge on any atom is 0.225 e. The highest BCUT2D eigenvalue weighted by molar-refractivity contribution is 5.37. The number of rotatable bonds is 1. The number of anilines is 1. The van der Waals surface area contributed by atoms with Crippen LogP contribution >= 0.6 is 0 Å². The van der Waals surface area contributed by atoms with Crippen LogP contribution in [0.4, 0.5) is 5.95 Å². The molecule has 1 unspecified atom stereocenters. The van der Waals surface area contributed by atoms with Gasteiger partial charge in [0.2, 0.25) is 5.95 Å². The molecule has 16 heavy (non-hydrogen) atoms. The zero-order valence-electron chi connectivity index (χ0n) is 9.21. The second-order valence-corrected chi connectivity index (χ2v) is 4.36. The number of aromatic nitrogens is 2. The van der Waals surface area contributed by atoms with Crippen LogP contribution in [0.15, 0.2) is 42.3 Å². The molecule has 0 radical (unpaired) electrons. The Balaban J connectivity index is 1.80. The number of piperidine rings is 1. The Morgan fingerprint density at radius 1 is 1.25 bits per heavy atom. The Morgan fingerprint density at radius 2 is 2.12 bits per heavy atom. The van der Waals surface area contributed by atoms with Gasteiger partial charge in [0.05, 0.1) is 0 Å². The van der Waals surface area contributed by atoms with E-state index in [4.69, 9.17) is 0 Å². The summed E-state index contributed by atoms with van der Waals surface area (Å²) in [5.74, 6) is 1.61. The van der Waals surface area contributed by atoms with Crippen LogP contribution in [0.2, 0.25) is 0 Å². The first-order valence-electron chi connectivity index (χ1n) is 5.81. The Kier molecular flexibility index (Phi) is 2.44. The molecule has 1 saturated heterocycles. The van der Waals surface area contributed by atoms with Gasteiger partial charge in [-0.25, -0.2) is 9.97 Å². The Bertz CT molecular complexity index is 422. The van der Waals surface area contributed by atoms with Crippen molar-refractivity contribution in [3.8, 4) is 0 Å². The molecule has 2 heterocycles. The first-order valence-corrected chi connectivity index (χ1v) is 5.81. The highest BCUT2D eigenvalue weighted by Crippen LogP contribution is 2.30. The molecule has 3 heteroatoms. The molecular formula is C13H15N3. The van der Waals surface area contributed by atoms with Gasteiger partial charge in [-0.2, -0.15) is 0 Å². The molecule has 0 bridgehead atoms. The van der Waals surface area contributed by atoms with Crippen molar-refractivity contribution < 1.29 is 0 Å². The number of allylic oxidation sites excluding steroid dienone is 3. The van der Waals surface area contributed by atoms with E-state index in [1.807, 2.05) is 18.5 Å². The Labute approximate surface area is 95.5 Å². The summed E-state index contributed by atoms with van der Waals surface area (Å²) in [4.78, 5) is 10.9. The van der Waals surface area contributed by atoms with E-state index in [9.17, 15) is 0 Å². The van der Waals surface area contributed by atoms with Crippen molar-refractivity contribution in [3.05, 3.63) is 42.3 Å². The summed E-state index contributed by atoms with van der Waals surface area (Å²) in [5, 5.41) is 0. The van der Waals surface area contributed by atoms with Crippen LogP contribution in [-0.4, -0.2) is 23.1 Å². The predicted octanol–water partition coefficient (Wildman–Crippen LogP) is 2.19. The average Bonchev–Trinajstić information content (AvgIpc) is 2.39. The Hall–Kier alpha value is -1.64. The molecule has 1 aromatic heterocycles. The van der Waals surface area contributed by atoms with Gasteiger partial charge in [-0.15, -0.1) is 0 Å². The third kappa shape index (κ3) is 1.73. The number of hydrogen-bond donors (Lipinski definition) is 0. The minimum atomic E-state index is 0.755. The fourth-order valence-electron chi connectivity index (χ4n) is 2.44. The number of hydrogen-bond acceptors (Lipinski definition) is 3. The lowest BCUT2D eigenvalue weighted by atomic mass is 9.85. The van der Waals surface area contributed by atoms with Gasteiger partial charge in [0.1, 0.15) is 0 Å². The van der Waals surface area contributed by atoms with Crippen molar-refractivity contribution in [3.63, 3.8) is 0 Å². The lowest BCUT2D eigenvalue weighted by Gasteiger charge is -2.34.